The number of nitrogens with one attached hydrogen (secondary N) is 1. The summed E-state index contributed by atoms with van der Waals surface area (Å²) in [6, 6.07) is 6.74. The number of allylic oxidation sites excluding steroid dienone is 1. The van der Waals surface area contributed by atoms with E-state index in [0.717, 1.165) is 18.7 Å². The number of hydrogen-bond donors (Lipinski definition) is 1. The highest BCUT2D eigenvalue weighted by Gasteiger charge is 2.31. The standard InChI is InChI=1S/C23H28N2O3/c1-15(2)12-25(13-16(3)4)14-19-20(26)8-7-18-22(27)21(28-23(18)19)10-17-6-5-9-24-11-17/h5-11,15-16,26H,12-14H2,1-4H3/b21-10-. The molecule has 0 fully saturated rings. The number of pyridine rings is 1. The maximum Gasteiger partial charge on any atom is 0.231 e. The first kappa shape index (κ1) is 20.1. The third-order valence-corrected chi connectivity index (χ3v) is 4.70. The third-order valence-electron chi connectivity index (χ3n) is 4.70. The van der Waals surface area contributed by atoms with Gasteiger partial charge in [-0.1, -0.05) is 45.6 Å². The average molecular weight is 380 g/mol. The molecule has 3 rings (SSSR count). The molecule has 1 aromatic carbocycles. The predicted octanol–water partition coefficient (Wildman–Crippen LogP) is 2.47. The number of ketones is 1. The van der Waals surface area contributed by atoms with Gasteiger partial charge in [0.05, 0.1) is 18.7 Å². The molecule has 0 spiro atoms. The summed E-state index contributed by atoms with van der Waals surface area (Å²) in [5.74, 6) is 1.45. The van der Waals surface area contributed by atoms with Crippen LogP contribution in [0.3, 0.4) is 0 Å². The van der Waals surface area contributed by atoms with Crippen molar-refractivity contribution < 1.29 is 19.5 Å². The number of nitrogens with zero attached hydrogens (tertiary/aromatic N) is 1. The zero-order valence-electron chi connectivity index (χ0n) is 17.0. The van der Waals surface area contributed by atoms with Gasteiger partial charge >= 0.3 is 0 Å². The highest BCUT2D eigenvalue weighted by atomic mass is 16.5. The van der Waals surface area contributed by atoms with E-state index in [1.165, 1.54) is 11.0 Å². The molecule has 148 valence electrons. The number of benzene rings is 1. The molecule has 0 saturated heterocycles. The Labute approximate surface area is 166 Å². The van der Waals surface area contributed by atoms with E-state index in [1.807, 2.05) is 6.07 Å². The molecule has 0 bridgehead atoms. The third kappa shape index (κ3) is 4.60. The summed E-state index contributed by atoms with van der Waals surface area (Å²) in [7, 11) is 0. The van der Waals surface area contributed by atoms with Crippen LogP contribution in [0.15, 0.2) is 42.4 Å². The van der Waals surface area contributed by atoms with Gasteiger partial charge in [-0.25, -0.2) is 0 Å². The van der Waals surface area contributed by atoms with Crippen LogP contribution >= 0.6 is 0 Å². The Morgan fingerprint density at radius 3 is 2.46 bits per heavy atom. The van der Waals surface area contributed by atoms with Crippen LogP contribution in [-0.4, -0.2) is 23.9 Å². The Morgan fingerprint density at radius 1 is 1.14 bits per heavy atom. The Morgan fingerprint density at radius 2 is 1.86 bits per heavy atom. The van der Waals surface area contributed by atoms with Gasteiger partial charge in [0.1, 0.15) is 12.3 Å². The number of quaternary nitrogens is 1. The maximum atomic E-state index is 12.8. The maximum absolute atomic E-state index is 12.8. The highest BCUT2D eigenvalue weighted by Crippen LogP contribution is 2.38. The van der Waals surface area contributed by atoms with Gasteiger partial charge in [-0.3, -0.25) is 9.78 Å². The molecule has 5 heteroatoms. The van der Waals surface area contributed by atoms with Crippen molar-refractivity contribution in [2.75, 3.05) is 13.1 Å². The summed E-state index contributed by atoms with van der Waals surface area (Å²) >= 11 is 0. The van der Waals surface area contributed by atoms with Crippen molar-refractivity contribution in [2.45, 2.75) is 34.2 Å². The average Bonchev–Trinajstić information content (AvgIpc) is 2.93. The zero-order valence-corrected chi connectivity index (χ0v) is 17.0. The number of hydrogen-bond acceptors (Lipinski definition) is 4. The molecule has 2 aromatic rings. The molecule has 1 aromatic heterocycles. The van der Waals surface area contributed by atoms with Crippen LogP contribution in [0.5, 0.6) is 11.5 Å². The molecular formula is C23H28N2O3. The van der Waals surface area contributed by atoms with E-state index >= 15 is 0 Å². The van der Waals surface area contributed by atoms with E-state index in [-0.39, 0.29) is 17.3 Å². The lowest BCUT2D eigenvalue weighted by atomic mass is 10.0. The second-order valence-corrected chi connectivity index (χ2v) is 8.27. The number of fused-ring (bicyclic) bond motifs is 1. The van der Waals surface area contributed by atoms with Gasteiger partial charge in [0.15, 0.2) is 5.76 Å². The largest absolute Gasteiger partial charge is 0.872 e. The fraction of sp³-hybridized carbons (Fsp3) is 0.391. The lowest BCUT2D eigenvalue weighted by Crippen LogP contribution is -3.11. The van der Waals surface area contributed by atoms with Crippen molar-refractivity contribution in [3.8, 4) is 11.5 Å². The number of ether oxygens (including phenoxy) is 1. The lowest BCUT2D eigenvalue weighted by molar-refractivity contribution is -0.919. The van der Waals surface area contributed by atoms with Crippen LogP contribution in [-0.2, 0) is 6.54 Å². The van der Waals surface area contributed by atoms with E-state index in [1.54, 1.807) is 30.6 Å². The fourth-order valence-electron chi connectivity index (χ4n) is 3.70. The minimum Gasteiger partial charge on any atom is -0.872 e. The fourth-order valence-corrected chi connectivity index (χ4v) is 3.70. The molecule has 1 aliphatic heterocycles. The van der Waals surface area contributed by atoms with E-state index in [4.69, 9.17) is 4.74 Å². The van der Waals surface area contributed by atoms with Gasteiger partial charge in [-0.15, -0.1) is 0 Å². The predicted molar refractivity (Wildman–Crippen MR) is 107 cm³/mol. The van der Waals surface area contributed by atoms with Crippen molar-refractivity contribution in [1.29, 1.82) is 0 Å². The summed E-state index contributed by atoms with van der Waals surface area (Å²) < 4.78 is 5.92. The Hall–Kier alpha value is -2.66. The van der Waals surface area contributed by atoms with Crippen LogP contribution in [0.25, 0.3) is 6.08 Å². The van der Waals surface area contributed by atoms with Crippen molar-refractivity contribution in [3.05, 3.63) is 59.1 Å². The van der Waals surface area contributed by atoms with Crippen molar-refractivity contribution >= 4 is 11.9 Å². The summed E-state index contributed by atoms with van der Waals surface area (Å²) in [5.41, 5.74) is 1.85. The molecule has 0 saturated carbocycles. The normalized spacial score (nSPS) is 15.0. The zero-order chi connectivity index (χ0) is 20.3. The molecule has 1 N–H and O–H groups in total. The van der Waals surface area contributed by atoms with E-state index in [9.17, 15) is 9.90 Å². The smallest absolute Gasteiger partial charge is 0.231 e. The van der Waals surface area contributed by atoms with Gasteiger partial charge in [-0.2, -0.15) is 0 Å². The molecule has 2 heterocycles. The van der Waals surface area contributed by atoms with E-state index in [2.05, 4.69) is 32.7 Å². The summed E-state index contributed by atoms with van der Waals surface area (Å²) in [5, 5.41) is 12.6. The summed E-state index contributed by atoms with van der Waals surface area (Å²) in [6.45, 7) is 11.2. The monoisotopic (exact) mass is 380 g/mol. The molecule has 0 aliphatic carbocycles. The molecule has 0 unspecified atom stereocenters. The van der Waals surface area contributed by atoms with Crippen LogP contribution in [0.1, 0.15) is 49.2 Å². The second kappa shape index (κ2) is 8.57. The van der Waals surface area contributed by atoms with Gasteiger partial charge in [0.25, 0.3) is 0 Å². The first-order valence-corrected chi connectivity index (χ1v) is 9.86. The van der Waals surface area contributed by atoms with Gasteiger partial charge in [0, 0.05) is 29.8 Å². The number of Topliss-reactive ketones (excluding diaryl/α,β-unsaturated/α-hetero) is 1. The summed E-state index contributed by atoms with van der Waals surface area (Å²) in [4.78, 5) is 18.2. The molecule has 0 amide bonds. The molecule has 1 aliphatic rings. The molecule has 28 heavy (non-hydrogen) atoms. The number of carbonyl (C=O) groups excluding carboxylic acids is 1. The summed E-state index contributed by atoms with van der Waals surface area (Å²) in [6.07, 6.45) is 5.02. The Kier molecular flexibility index (Phi) is 6.15. The van der Waals surface area contributed by atoms with Gasteiger partial charge in [-0.05, 0) is 23.8 Å². The topological polar surface area (TPSA) is 66.7 Å². The van der Waals surface area contributed by atoms with Gasteiger partial charge < -0.3 is 14.7 Å². The number of rotatable bonds is 7. The second-order valence-electron chi connectivity index (χ2n) is 8.27. The lowest BCUT2D eigenvalue weighted by Gasteiger charge is -2.26. The van der Waals surface area contributed by atoms with Crippen LogP contribution in [0.2, 0.25) is 0 Å². The number of carbonyl (C=O) groups is 1. The van der Waals surface area contributed by atoms with Crippen LogP contribution in [0.4, 0.5) is 0 Å². The van der Waals surface area contributed by atoms with E-state index < -0.39 is 0 Å². The molecule has 5 nitrogen and oxygen atoms in total. The first-order valence-electron chi connectivity index (χ1n) is 9.86. The number of aromatic nitrogens is 1. The van der Waals surface area contributed by atoms with Crippen molar-refractivity contribution in [2.24, 2.45) is 11.8 Å². The molecular weight excluding hydrogens is 352 g/mol. The highest BCUT2D eigenvalue weighted by molar-refractivity contribution is 6.14. The molecule has 0 atom stereocenters. The van der Waals surface area contributed by atoms with Crippen LogP contribution < -0.4 is 14.7 Å². The van der Waals surface area contributed by atoms with Crippen molar-refractivity contribution in [3.63, 3.8) is 0 Å². The van der Waals surface area contributed by atoms with Crippen molar-refractivity contribution in [1.82, 2.24) is 4.98 Å². The Bertz CT molecular complexity index is 863. The van der Waals surface area contributed by atoms with Crippen LogP contribution in [0, 0.1) is 11.8 Å². The Balaban J connectivity index is 1.92. The van der Waals surface area contributed by atoms with E-state index in [0.29, 0.717) is 35.3 Å². The SMILES string of the molecule is CC(C)C[NH+](Cc1c([O-])ccc2c1O/C(=C\c1cccnc1)C2=O)CC(C)C. The van der Waals surface area contributed by atoms with Gasteiger partial charge in [0.2, 0.25) is 5.78 Å². The first-order chi connectivity index (χ1) is 13.3. The quantitative estimate of drug-likeness (QED) is 0.750. The minimum atomic E-state index is -0.186. The minimum absolute atomic E-state index is 0.0702. The molecule has 0 radical (unpaired) electrons.